The Balaban J connectivity index is 1.65. The summed E-state index contributed by atoms with van der Waals surface area (Å²) in [5.74, 6) is 1.67. The van der Waals surface area contributed by atoms with Crippen molar-refractivity contribution < 1.29 is 4.79 Å². The van der Waals surface area contributed by atoms with Crippen LogP contribution in [-0.4, -0.2) is 44.4 Å². The van der Waals surface area contributed by atoms with Crippen LogP contribution in [0.3, 0.4) is 0 Å². The average molecular weight is 365 g/mol. The normalized spacial score (nSPS) is 21.0. The molecule has 1 aliphatic rings. The van der Waals surface area contributed by atoms with Crippen LogP contribution in [0.25, 0.3) is 5.69 Å². The number of halogens is 1. The first-order valence-corrected chi connectivity index (χ1v) is 9.46. The number of rotatable bonds is 4. The standard InChI is InChI=1S/C17H21ClN4OS/c1-12-6-13(2)9-21(8-12)16(23)10-24-17-20-19-11-22(17)15-5-3-4-14(18)7-15/h3-5,7,11-13H,6,8-10H2,1-2H3. The predicted molar refractivity (Wildman–Crippen MR) is 96.6 cm³/mol. The van der Waals surface area contributed by atoms with Crippen LogP contribution in [-0.2, 0) is 4.79 Å². The van der Waals surface area contributed by atoms with Crippen molar-refractivity contribution in [3.63, 3.8) is 0 Å². The van der Waals surface area contributed by atoms with Gasteiger partial charge in [-0.15, -0.1) is 10.2 Å². The third-order valence-corrected chi connectivity index (χ3v) is 5.31. The van der Waals surface area contributed by atoms with Crippen molar-refractivity contribution in [2.24, 2.45) is 11.8 Å². The van der Waals surface area contributed by atoms with Crippen LogP contribution in [0.5, 0.6) is 0 Å². The molecule has 0 bridgehead atoms. The molecule has 2 aromatic rings. The molecule has 7 heteroatoms. The fourth-order valence-electron chi connectivity index (χ4n) is 3.21. The molecule has 2 heterocycles. The highest BCUT2D eigenvalue weighted by Gasteiger charge is 2.25. The summed E-state index contributed by atoms with van der Waals surface area (Å²) in [5, 5.41) is 9.45. The summed E-state index contributed by atoms with van der Waals surface area (Å²) in [6.45, 7) is 6.12. The molecule has 0 saturated carbocycles. The number of carbonyl (C=O) groups is 1. The predicted octanol–water partition coefficient (Wildman–Crippen LogP) is 3.52. The molecule has 0 aliphatic carbocycles. The maximum absolute atomic E-state index is 12.5. The minimum absolute atomic E-state index is 0.166. The lowest BCUT2D eigenvalue weighted by atomic mass is 9.92. The van der Waals surface area contributed by atoms with Crippen molar-refractivity contribution in [1.29, 1.82) is 0 Å². The molecule has 2 unspecified atom stereocenters. The lowest BCUT2D eigenvalue weighted by molar-refractivity contribution is -0.130. The van der Waals surface area contributed by atoms with E-state index in [1.165, 1.54) is 18.2 Å². The Morgan fingerprint density at radius 2 is 2.08 bits per heavy atom. The van der Waals surface area contributed by atoms with Crippen LogP contribution in [0, 0.1) is 11.8 Å². The number of aromatic nitrogens is 3. The van der Waals surface area contributed by atoms with Gasteiger partial charge in [0.15, 0.2) is 5.16 Å². The number of hydrogen-bond acceptors (Lipinski definition) is 4. The molecular formula is C17H21ClN4OS. The summed E-state index contributed by atoms with van der Waals surface area (Å²) in [5.41, 5.74) is 0.891. The Bertz CT molecular complexity index is 710. The molecule has 0 N–H and O–H groups in total. The third kappa shape index (κ3) is 4.11. The van der Waals surface area contributed by atoms with Crippen LogP contribution < -0.4 is 0 Å². The molecule has 3 rings (SSSR count). The van der Waals surface area contributed by atoms with E-state index < -0.39 is 0 Å². The summed E-state index contributed by atoms with van der Waals surface area (Å²) in [7, 11) is 0. The van der Waals surface area contributed by atoms with Crippen molar-refractivity contribution in [1.82, 2.24) is 19.7 Å². The Morgan fingerprint density at radius 1 is 1.33 bits per heavy atom. The van der Waals surface area contributed by atoms with Gasteiger partial charge in [0.05, 0.1) is 11.4 Å². The van der Waals surface area contributed by atoms with Gasteiger partial charge in [-0.05, 0) is 36.5 Å². The third-order valence-electron chi connectivity index (χ3n) is 4.15. The fourth-order valence-corrected chi connectivity index (χ4v) is 4.23. The van der Waals surface area contributed by atoms with Gasteiger partial charge in [-0.1, -0.05) is 43.3 Å². The van der Waals surface area contributed by atoms with Crippen molar-refractivity contribution in [2.45, 2.75) is 25.4 Å². The van der Waals surface area contributed by atoms with Crippen LogP contribution in [0.15, 0.2) is 35.7 Å². The molecule has 24 heavy (non-hydrogen) atoms. The Hall–Kier alpha value is -1.53. The monoisotopic (exact) mass is 364 g/mol. The number of amides is 1. The first-order valence-electron chi connectivity index (χ1n) is 8.09. The molecule has 1 aromatic carbocycles. The number of hydrogen-bond donors (Lipinski definition) is 0. The van der Waals surface area contributed by atoms with Crippen LogP contribution in [0.4, 0.5) is 0 Å². The quantitative estimate of drug-likeness (QED) is 0.779. The summed E-state index contributed by atoms with van der Waals surface area (Å²) in [6, 6.07) is 7.50. The van der Waals surface area contributed by atoms with Gasteiger partial charge in [0.2, 0.25) is 5.91 Å². The van der Waals surface area contributed by atoms with Gasteiger partial charge >= 0.3 is 0 Å². The topological polar surface area (TPSA) is 51.0 Å². The van der Waals surface area contributed by atoms with E-state index in [9.17, 15) is 4.79 Å². The number of benzene rings is 1. The van der Waals surface area contributed by atoms with E-state index in [1.54, 1.807) is 6.33 Å². The lowest BCUT2D eigenvalue weighted by Gasteiger charge is -2.34. The van der Waals surface area contributed by atoms with E-state index in [0.29, 0.717) is 27.8 Å². The number of thioether (sulfide) groups is 1. The molecule has 5 nitrogen and oxygen atoms in total. The summed E-state index contributed by atoms with van der Waals surface area (Å²) >= 11 is 7.46. The molecule has 1 amide bonds. The largest absolute Gasteiger partial charge is 0.341 e. The van der Waals surface area contributed by atoms with Gasteiger partial charge < -0.3 is 4.90 Å². The zero-order valence-corrected chi connectivity index (χ0v) is 15.4. The van der Waals surface area contributed by atoms with Gasteiger partial charge in [0, 0.05) is 18.1 Å². The number of carbonyl (C=O) groups excluding carboxylic acids is 1. The first-order chi connectivity index (χ1) is 11.5. The first kappa shape index (κ1) is 17.3. The van der Waals surface area contributed by atoms with Crippen LogP contribution in [0.1, 0.15) is 20.3 Å². The second kappa shape index (κ2) is 7.57. The Morgan fingerprint density at radius 3 is 2.79 bits per heavy atom. The SMILES string of the molecule is CC1CC(C)CN(C(=O)CSc2nncn2-c2cccc(Cl)c2)C1. The summed E-state index contributed by atoms with van der Waals surface area (Å²) < 4.78 is 1.85. The molecule has 0 radical (unpaired) electrons. The Kier molecular flexibility index (Phi) is 5.46. The zero-order chi connectivity index (χ0) is 17.1. The Labute approximate surface area is 151 Å². The van der Waals surface area contributed by atoms with Crippen LogP contribution in [0.2, 0.25) is 5.02 Å². The second-order valence-electron chi connectivity index (χ2n) is 6.50. The molecule has 1 aromatic heterocycles. The number of nitrogens with zero attached hydrogens (tertiary/aromatic N) is 4. The zero-order valence-electron chi connectivity index (χ0n) is 13.9. The van der Waals surface area contributed by atoms with Crippen molar-refractivity contribution in [3.8, 4) is 5.69 Å². The smallest absolute Gasteiger partial charge is 0.233 e. The molecule has 1 saturated heterocycles. The molecule has 128 valence electrons. The fraction of sp³-hybridized carbons (Fsp3) is 0.471. The van der Waals surface area contributed by atoms with E-state index in [-0.39, 0.29) is 5.91 Å². The highest BCUT2D eigenvalue weighted by Crippen LogP contribution is 2.24. The van der Waals surface area contributed by atoms with E-state index in [4.69, 9.17) is 11.6 Å². The molecule has 1 aliphatic heterocycles. The highest BCUT2D eigenvalue weighted by atomic mass is 35.5. The maximum atomic E-state index is 12.5. The number of piperidine rings is 1. The van der Waals surface area contributed by atoms with Gasteiger partial charge in [-0.3, -0.25) is 9.36 Å². The van der Waals surface area contributed by atoms with E-state index in [2.05, 4.69) is 24.0 Å². The summed E-state index contributed by atoms with van der Waals surface area (Å²) in [4.78, 5) is 14.5. The van der Waals surface area contributed by atoms with Crippen molar-refractivity contribution >= 4 is 29.3 Å². The van der Waals surface area contributed by atoms with Gasteiger partial charge in [-0.25, -0.2) is 0 Å². The lowest BCUT2D eigenvalue weighted by Crippen LogP contribution is -2.43. The van der Waals surface area contributed by atoms with E-state index >= 15 is 0 Å². The van der Waals surface area contributed by atoms with E-state index in [0.717, 1.165) is 18.8 Å². The van der Waals surface area contributed by atoms with Gasteiger partial charge in [0.1, 0.15) is 6.33 Å². The molecule has 1 fully saturated rings. The molecule has 2 atom stereocenters. The summed E-state index contributed by atoms with van der Waals surface area (Å²) in [6.07, 6.45) is 2.84. The minimum atomic E-state index is 0.166. The molecular weight excluding hydrogens is 344 g/mol. The maximum Gasteiger partial charge on any atom is 0.233 e. The van der Waals surface area contributed by atoms with Crippen molar-refractivity contribution in [2.75, 3.05) is 18.8 Å². The van der Waals surface area contributed by atoms with Crippen LogP contribution >= 0.6 is 23.4 Å². The average Bonchev–Trinajstić information content (AvgIpc) is 3.00. The second-order valence-corrected chi connectivity index (χ2v) is 7.88. The number of likely N-dealkylation sites (tertiary alicyclic amines) is 1. The van der Waals surface area contributed by atoms with Gasteiger partial charge in [-0.2, -0.15) is 0 Å². The van der Waals surface area contributed by atoms with Gasteiger partial charge in [0.25, 0.3) is 0 Å². The van der Waals surface area contributed by atoms with Crippen molar-refractivity contribution in [3.05, 3.63) is 35.6 Å². The molecule has 0 spiro atoms. The highest BCUT2D eigenvalue weighted by molar-refractivity contribution is 7.99. The minimum Gasteiger partial charge on any atom is -0.341 e. The van der Waals surface area contributed by atoms with E-state index in [1.807, 2.05) is 33.7 Å².